The van der Waals surface area contributed by atoms with Gasteiger partial charge in [-0.2, -0.15) is 0 Å². The molecule has 1 aliphatic heterocycles. The van der Waals surface area contributed by atoms with Gasteiger partial charge in [-0.25, -0.2) is 13.1 Å². The van der Waals surface area contributed by atoms with Crippen LogP contribution in [0.15, 0.2) is 30.3 Å². The van der Waals surface area contributed by atoms with Crippen molar-refractivity contribution in [3.8, 4) is 0 Å². The van der Waals surface area contributed by atoms with Crippen LogP contribution in [0.25, 0.3) is 0 Å². The molecule has 2 rings (SSSR count). The first-order valence-electron chi connectivity index (χ1n) is 8.24. The van der Waals surface area contributed by atoms with Gasteiger partial charge in [0.1, 0.15) is 0 Å². The Labute approximate surface area is 135 Å². The van der Waals surface area contributed by atoms with Crippen LogP contribution in [-0.4, -0.2) is 45.8 Å². The third kappa shape index (κ3) is 6.90. The number of hydrogen-bond donors (Lipinski definition) is 1. The second-order valence-corrected chi connectivity index (χ2v) is 8.18. The van der Waals surface area contributed by atoms with Crippen LogP contribution in [0.4, 0.5) is 0 Å². The van der Waals surface area contributed by atoms with E-state index in [1.54, 1.807) is 0 Å². The summed E-state index contributed by atoms with van der Waals surface area (Å²) in [7, 11) is -3.03. The van der Waals surface area contributed by atoms with Gasteiger partial charge in [-0.05, 0) is 63.2 Å². The number of unbranched alkanes of at least 4 members (excludes halogenated alkanes) is 1. The van der Waals surface area contributed by atoms with Crippen LogP contribution in [-0.2, 0) is 16.4 Å². The second-order valence-electron chi connectivity index (χ2n) is 6.35. The fourth-order valence-corrected chi connectivity index (χ4v) is 3.59. The van der Waals surface area contributed by atoms with E-state index in [0.29, 0.717) is 6.54 Å². The number of sulfonamides is 1. The Morgan fingerprint density at radius 1 is 1.14 bits per heavy atom. The highest BCUT2D eigenvalue weighted by atomic mass is 32.2. The normalized spacial score (nSPS) is 17.7. The zero-order valence-corrected chi connectivity index (χ0v) is 14.3. The van der Waals surface area contributed by atoms with Crippen molar-refractivity contribution >= 4 is 10.0 Å². The average Bonchev–Trinajstić information content (AvgIpc) is 2.48. The Morgan fingerprint density at radius 3 is 2.45 bits per heavy atom. The first kappa shape index (κ1) is 17.4. The van der Waals surface area contributed by atoms with Crippen molar-refractivity contribution in [2.45, 2.75) is 32.1 Å². The molecule has 0 spiro atoms. The number of hydrogen-bond acceptors (Lipinski definition) is 3. The van der Waals surface area contributed by atoms with Gasteiger partial charge in [-0.3, -0.25) is 0 Å². The van der Waals surface area contributed by atoms with E-state index in [-0.39, 0.29) is 0 Å². The van der Waals surface area contributed by atoms with Crippen LogP contribution < -0.4 is 4.72 Å². The number of likely N-dealkylation sites (tertiary alicyclic amines) is 1. The van der Waals surface area contributed by atoms with Gasteiger partial charge in [-0.1, -0.05) is 30.3 Å². The third-order valence-corrected chi connectivity index (χ3v) is 5.07. The maximum atomic E-state index is 11.0. The van der Waals surface area contributed by atoms with Gasteiger partial charge in [0.25, 0.3) is 0 Å². The Balaban J connectivity index is 1.57. The first-order chi connectivity index (χ1) is 10.5. The maximum absolute atomic E-state index is 11.0. The number of rotatable bonds is 8. The lowest BCUT2D eigenvalue weighted by Gasteiger charge is -2.32. The molecule has 1 saturated heterocycles. The topological polar surface area (TPSA) is 49.4 Å². The number of piperidine rings is 1. The van der Waals surface area contributed by atoms with Crippen LogP contribution in [0.2, 0.25) is 0 Å². The molecule has 1 aromatic rings. The minimum Gasteiger partial charge on any atom is -0.303 e. The predicted molar refractivity (Wildman–Crippen MR) is 91.4 cm³/mol. The minimum absolute atomic E-state index is 0.559. The average molecular weight is 324 g/mol. The summed E-state index contributed by atoms with van der Waals surface area (Å²) in [5, 5.41) is 0. The van der Waals surface area contributed by atoms with Crippen molar-refractivity contribution in [2.75, 3.05) is 32.4 Å². The number of benzene rings is 1. The lowest BCUT2D eigenvalue weighted by Crippen LogP contribution is -2.35. The highest BCUT2D eigenvalue weighted by Gasteiger charge is 2.18. The highest BCUT2D eigenvalue weighted by Crippen LogP contribution is 2.21. The highest BCUT2D eigenvalue weighted by molar-refractivity contribution is 7.88. The van der Waals surface area contributed by atoms with Crippen molar-refractivity contribution in [3.05, 3.63) is 35.9 Å². The molecule has 0 aromatic heterocycles. The van der Waals surface area contributed by atoms with E-state index >= 15 is 0 Å². The van der Waals surface area contributed by atoms with Crippen LogP contribution in [0.3, 0.4) is 0 Å². The summed E-state index contributed by atoms with van der Waals surface area (Å²) in [6.45, 7) is 4.00. The molecule has 0 amide bonds. The zero-order chi connectivity index (χ0) is 15.8. The van der Waals surface area contributed by atoms with E-state index in [0.717, 1.165) is 25.3 Å². The summed E-state index contributed by atoms with van der Waals surface area (Å²) in [4.78, 5) is 2.52. The molecule has 0 atom stereocenters. The Hall–Kier alpha value is -0.910. The summed E-state index contributed by atoms with van der Waals surface area (Å²) < 4.78 is 24.5. The Morgan fingerprint density at radius 2 is 1.82 bits per heavy atom. The summed E-state index contributed by atoms with van der Waals surface area (Å²) in [6, 6.07) is 10.8. The standard InChI is InChI=1S/C17H28N2O2S/c1-22(20,21)18-11-5-6-12-19-13-9-17(10-14-19)15-16-7-3-2-4-8-16/h2-4,7-8,17-18H,5-6,9-15H2,1H3. The molecule has 0 radical (unpaired) electrons. The van der Waals surface area contributed by atoms with Crippen LogP contribution in [0.5, 0.6) is 0 Å². The van der Waals surface area contributed by atoms with Crippen molar-refractivity contribution < 1.29 is 8.42 Å². The number of nitrogens with one attached hydrogen (secondary N) is 1. The quantitative estimate of drug-likeness (QED) is 0.746. The summed E-state index contributed by atoms with van der Waals surface area (Å²) >= 11 is 0. The predicted octanol–water partition coefficient (Wildman–Crippen LogP) is 2.27. The smallest absolute Gasteiger partial charge is 0.208 e. The fraction of sp³-hybridized carbons (Fsp3) is 0.647. The van der Waals surface area contributed by atoms with E-state index < -0.39 is 10.0 Å². The summed E-state index contributed by atoms with van der Waals surface area (Å²) in [6.07, 6.45) is 6.94. The Bertz CT molecular complexity index is 523. The lowest BCUT2D eigenvalue weighted by molar-refractivity contribution is 0.181. The van der Waals surface area contributed by atoms with Gasteiger partial charge in [0, 0.05) is 6.54 Å². The molecule has 5 heteroatoms. The maximum Gasteiger partial charge on any atom is 0.208 e. The molecule has 1 aromatic carbocycles. The van der Waals surface area contributed by atoms with Crippen molar-refractivity contribution in [1.29, 1.82) is 0 Å². The van der Waals surface area contributed by atoms with Crippen LogP contribution in [0.1, 0.15) is 31.2 Å². The van der Waals surface area contributed by atoms with Crippen LogP contribution in [0, 0.1) is 5.92 Å². The zero-order valence-electron chi connectivity index (χ0n) is 13.5. The molecule has 1 fully saturated rings. The molecule has 0 saturated carbocycles. The molecule has 22 heavy (non-hydrogen) atoms. The van der Waals surface area contributed by atoms with Crippen LogP contribution >= 0.6 is 0 Å². The molecule has 0 bridgehead atoms. The van der Waals surface area contributed by atoms with Gasteiger partial charge in [0.2, 0.25) is 10.0 Å². The van der Waals surface area contributed by atoms with Gasteiger partial charge in [0.05, 0.1) is 6.26 Å². The SMILES string of the molecule is CS(=O)(=O)NCCCCN1CCC(Cc2ccccc2)CC1. The van der Waals surface area contributed by atoms with Crippen molar-refractivity contribution in [1.82, 2.24) is 9.62 Å². The summed E-state index contributed by atoms with van der Waals surface area (Å²) in [5.41, 5.74) is 1.45. The minimum atomic E-state index is -3.03. The first-order valence-corrected chi connectivity index (χ1v) is 10.1. The van der Waals surface area contributed by atoms with Gasteiger partial charge in [0.15, 0.2) is 0 Å². The molecular formula is C17H28N2O2S. The van der Waals surface area contributed by atoms with Crippen molar-refractivity contribution in [2.24, 2.45) is 5.92 Å². The van der Waals surface area contributed by atoms with Gasteiger partial charge in [-0.15, -0.1) is 0 Å². The van der Waals surface area contributed by atoms with E-state index in [4.69, 9.17) is 0 Å². The molecule has 1 aliphatic rings. The third-order valence-electron chi connectivity index (χ3n) is 4.34. The monoisotopic (exact) mass is 324 g/mol. The lowest BCUT2D eigenvalue weighted by atomic mass is 9.90. The van der Waals surface area contributed by atoms with Gasteiger partial charge < -0.3 is 4.90 Å². The van der Waals surface area contributed by atoms with E-state index in [2.05, 4.69) is 40.0 Å². The van der Waals surface area contributed by atoms with E-state index in [1.165, 1.54) is 44.2 Å². The fourth-order valence-electron chi connectivity index (χ4n) is 3.08. The molecule has 1 heterocycles. The molecule has 4 nitrogen and oxygen atoms in total. The second kappa shape index (κ2) is 8.65. The summed E-state index contributed by atoms with van der Waals surface area (Å²) in [5.74, 6) is 0.811. The molecule has 124 valence electrons. The largest absolute Gasteiger partial charge is 0.303 e. The van der Waals surface area contributed by atoms with E-state index in [9.17, 15) is 8.42 Å². The van der Waals surface area contributed by atoms with Gasteiger partial charge >= 0.3 is 0 Å². The van der Waals surface area contributed by atoms with Crippen molar-refractivity contribution in [3.63, 3.8) is 0 Å². The van der Waals surface area contributed by atoms with E-state index in [1.807, 2.05) is 0 Å². The molecular weight excluding hydrogens is 296 g/mol. The molecule has 0 aliphatic carbocycles. The molecule has 1 N–H and O–H groups in total. The Kier molecular flexibility index (Phi) is 6.86. The molecule has 0 unspecified atom stereocenters. The number of nitrogens with zero attached hydrogens (tertiary/aromatic N) is 1.